The van der Waals surface area contributed by atoms with Crippen LogP contribution < -0.4 is 10.1 Å². The topological polar surface area (TPSA) is 85.4 Å². The first kappa shape index (κ1) is 23.7. The molecule has 11 heteroatoms. The minimum Gasteiger partial charge on any atom is -0.439 e. The summed E-state index contributed by atoms with van der Waals surface area (Å²) in [6.07, 6.45) is -3.29. The molecular formula is C23H18F4N2O4S. The lowest BCUT2D eigenvalue weighted by Crippen LogP contribution is -2.42. The molecule has 1 aromatic heterocycles. The minimum absolute atomic E-state index is 0.00357. The van der Waals surface area contributed by atoms with Gasteiger partial charge < -0.3 is 10.1 Å². The number of carbonyl (C=O) groups is 1. The Bertz CT molecular complexity index is 1290. The van der Waals surface area contributed by atoms with Gasteiger partial charge in [0.25, 0.3) is 0 Å². The molecule has 1 aliphatic rings. The van der Waals surface area contributed by atoms with Crippen molar-refractivity contribution in [1.29, 1.82) is 0 Å². The molecule has 0 spiro atoms. The van der Waals surface area contributed by atoms with Gasteiger partial charge in [-0.2, -0.15) is 13.2 Å². The molecular weight excluding hydrogens is 476 g/mol. The number of benzene rings is 2. The van der Waals surface area contributed by atoms with Gasteiger partial charge in [-0.15, -0.1) is 0 Å². The highest BCUT2D eigenvalue weighted by Gasteiger charge is 2.43. The number of nitrogens with zero attached hydrogens (tertiary/aromatic N) is 1. The number of halogens is 4. The fraction of sp³-hybridized carbons (Fsp3) is 0.217. The Balaban J connectivity index is 1.33. The van der Waals surface area contributed by atoms with Crippen LogP contribution in [0, 0.1) is 11.7 Å². The summed E-state index contributed by atoms with van der Waals surface area (Å²) in [7, 11) is -3.99. The zero-order valence-electron chi connectivity index (χ0n) is 17.4. The van der Waals surface area contributed by atoms with Crippen molar-refractivity contribution in [2.45, 2.75) is 29.2 Å². The molecule has 0 unspecified atom stereocenters. The predicted octanol–water partition coefficient (Wildman–Crippen LogP) is 5.22. The third-order valence-corrected chi connectivity index (χ3v) is 7.61. The molecule has 3 aromatic rings. The number of hydrogen-bond donors (Lipinski definition) is 1. The van der Waals surface area contributed by atoms with E-state index < -0.39 is 49.4 Å². The summed E-state index contributed by atoms with van der Waals surface area (Å²) in [6.45, 7) is 0. The van der Waals surface area contributed by atoms with E-state index in [0.717, 1.165) is 18.2 Å². The van der Waals surface area contributed by atoms with Gasteiger partial charge in [0.15, 0.2) is 9.84 Å². The van der Waals surface area contributed by atoms with E-state index in [-0.39, 0.29) is 18.7 Å². The second-order valence-electron chi connectivity index (χ2n) is 7.79. The van der Waals surface area contributed by atoms with E-state index in [2.05, 4.69) is 10.3 Å². The summed E-state index contributed by atoms with van der Waals surface area (Å²) < 4.78 is 82.5. The maximum atomic E-state index is 12.9. The summed E-state index contributed by atoms with van der Waals surface area (Å²) in [4.78, 5) is 16.1. The zero-order chi connectivity index (χ0) is 24.5. The molecule has 2 aromatic carbocycles. The summed E-state index contributed by atoms with van der Waals surface area (Å²) in [5.41, 5.74) is -0.679. The number of nitrogens with one attached hydrogen (secondary N) is 1. The molecule has 0 saturated heterocycles. The lowest BCUT2D eigenvalue weighted by atomic mass is 9.84. The van der Waals surface area contributed by atoms with E-state index in [1.165, 1.54) is 36.5 Å². The predicted molar refractivity (Wildman–Crippen MR) is 114 cm³/mol. The molecule has 1 amide bonds. The first-order valence-corrected chi connectivity index (χ1v) is 11.7. The second kappa shape index (κ2) is 9.05. The number of ether oxygens (including phenoxy) is 1. The van der Waals surface area contributed by atoms with Crippen LogP contribution in [0.1, 0.15) is 18.4 Å². The summed E-state index contributed by atoms with van der Waals surface area (Å²) in [6, 6.07) is 12.0. The van der Waals surface area contributed by atoms with Gasteiger partial charge >= 0.3 is 6.18 Å². The van der Waals surface area contributed by atoms with E-state index in [0.29, 0.717) is 17.5 Å². The van der Waals surface area contributed by atoms with Crippen LogP contribution in [0.2, 0.25) is 0 Å². The normalized spacial score (nSPS) is 18.1. The van der Waals surface area contributed by atoms with Gasteiger partial charge in [0, 0.05) is 12.0 Å². The molecule has 34 heavy (non-hydrogen) atoms. The fourth-order valence-corrected chi connectivity index (χ4v) is 5.37. The third-order valence-electron chi connectivity index (χ3n) is 5.43. The molecule has 1 N–H and O–H groups in total. The quantitative estimate of drug-likeness (QED) is 0.475. The van der Waals surface area contributed by atoms with Crippen LogP contribution >= 0.6 is 0 Å². The Kier molecular flexibility index (Phi) is 6.30. The molecule has 1 aliphatic carbocycles. The Morgan fingerprint density at radius 2 is 1.74 bits per heavy atom. The Labute approximate surface area is 192 Å². The number of sulfone groups is 1. The largest absolute Gasteiger partial charge is 0.439 e. The first-order chi connectivity index (χ1) is 16.0. The van der Waals surface area contributed by atoms with Crippen LogP contribution in [-0.4, -0.2) is 24.6 Å². The SMILES string of the molecule is O=C(Nc1ccc(Oc2ccc(F)cc2)nc1)C1CC(S(=O)(=O)c2cccc(C(F)(F)F)c2)C1. The summed E-state index contributed by atoms with van der Waals surface area (Å²) in [5, 5.41) is 1.70. The van der Waals surface area contributed by atoms with E-state index in [4.69, 9.17) is 4.74 Å². The fourth-order valence-electron chi connectivity index (χ4n) is 3.46. The summed E-state index contributed by atoms with van der Waals surface area (Å²) >= 11 is 0. The van der Waals surface area contributed by atoms with Gasteiger partial charge in [-0.25, -0.2) is 17.8 Å². The smallest absolute Gasteiger partial charge is 0.416 e. The Morgan fingerprint density at radius 3 is 2.35 bits per heavy atom. The highest BCUT2D eigenvalue weighted by Crippen LogP contribution is 2.38. The molecule has 4 rings (SSSR count). The number of pyridine rings is 1. The third kappa shape index (κ3) is 5.19. The Hall–Kier alpha value is -3.47. The lowest BCUT2D eigenvalue weighted by Gasteiger charge is -2.33. The lowest BCUT2D eigenvalue weighted by molar-refractivity contribution is -0.137. The number of rotatable bonds is 6. The number of anilines is 1. The van der Waals surface area contributed by atoms with Crippen LogP contribution in [0.5, 0.6) is 11.6 Å². The van der Waals surface area contributed by atoms with Crippen LogP contribution in [0.4, 0.5) is 23.2 Å². The van der Waals surface area contributed by atoms with Crippen molar-refractivity contribution in [3.8, 4) is 11.6 Å². The standard InChI is InChI=1S/C23H18F4N2O4S/c24-16-4-7-18(8-5-16)33-21-9-6-17(13-28-21)29-22(30)14-10-20(11-14)34(31,32)19-3-1-2-15(12-19)23(25,26)27/h1-9,12-14,20H,10-11H2,(H,29,30). The van der Waals surface area contributed by atoms with Crippen molar-refractivity contribution in [2.24, 2.45) is 5.92 Å². The molecule has 0 aliphatic heterocycles. The maximum absolute atomic E-state index is 12.9. The van der Waals surface area contributed by atoms with Crippen LogP contribution in [0.3, 0.4) is 0 Å². The van der Waals surface area contributed by atoms with Crippen molar-refractivity contribution in [1.82, 2.24) is 4.98 Å². The second-order valence-corrected chi connectivity index (χ2v) is 10.0. The number of amides is 1. The Morgan fingerprint density at radius 1 is 1.03 bits per heavy atom. The molecule has 1 saturated carbocycles. The van der Waals surface area contributed by atoms with E-state index in [1.807, 2.05) is 0 Å². The summed E-state index contributed by atoms with van der Waals surface area (Å²) in [5.74, 6) is -0.807. The van der Waals surface area contributed by atoms with Gasteiger partial charge in [0.1, 0.15) is 11.6 Å². The van der Waals surface area contributed by atoms with Crippen LogP contribution in [-0.2, 0) is 20.8 Å². The number of alkyl halides is 3. The highest BCUT2D eigenvalue weighted by molar-refractivity contribution is 7.92. The van der Waals surface area contributed by atoms with Crippen LogP contribution in [0.25, 0.3) is 0 Å². The first-order valence-electron chi connectivity index (χ1n) is 10.1. The van der Waals surface area contributed by atoms with E-state index >= 15 is 0 Å². The minimum atomic E-state index is -4.65. The highest BCUT2D eigenvalue weighted by atomic mass is 32.2. The molecule has 0 atom stereocenters. The average molecular weight is 494 g/mol. The van der Waals surface area contributed by atoms with E-state index in [9.17, 15) is 30.8 Å². The molecule has 1 heterocycles. The van der Waals surface area contributed by atoms with Crippen molar-refractivity contribution in [2.75, 3.05) is 5.32 Å². The molecule has 6 nitrogen and oxygen atoms in total. The molecule has 1 fully saturated rings. The van der Waals surface area contributed by atoms with Gasteiger partial charge in [-0.1, -0.05) is 6.07 Å². The van der Waals surface area contributed by atoms with Crippen molar-refractivity contribution < 1.29 is 35.5 Å². The van der Waals surface area contributed by atoms with Crippen molar-refractivity contribution >= 4 is 21.4 Å². The van der Waals surface area contributed by atoms with Gasteiger partial charge in [-0.3, -0.25) is 4.79 Å². The van der Waals surface area contributed by atoms with Crippen LogP contribution in [0.15, 0.2) is 71.8 Å². The van der Waals surface area contributed by atoms with Gasteiger partial charge in [0.2, 0.25) is 11.8 Å². The van der Waals surface area contributed by atoms with E-state index in [1.54, 1.807) is 6.07 Å². The maximum Gasteiger partial charge on any atom is 0.416 e. The average Bonchev–Trinajstić information content (AvgIpc) is 2.75. The molecule has 0 bridgehead atoms. The molecule has 0 radical (unpaired) electrons. The number of hydrogen-bond acceptors (Lipinski definition) is 5. The zero-order valence-corrected chi connectivity index (χ0v) is 18.2. The monoisotopic (exact) mass is 494 g/mol. The molecule has 178 valence electrons. The van der Waals surface area contributed by atoms with Gasteiger partial charge in [0.05, 0.1) is 27.6 Å². The number of aromatic nitrogens is 1. The van der Waals surface area contributed by atoms with Crippen molar-refractivity contribution in [3.05, 3.63) is 78.2 Å². The van der Waals surface area contributed by atoms with Crippen molar-refractivity contribution in [3.63, 3.8) is 0 Å². The van der Waals surface area contributed by atoms with Gasteiger partial charge in [-0.05, 0) is 61.4 Å². The number of carbonyl (C=O) groups excluding carboxylic acids is 1.